The minimum atomic E-state index is 0.120. The maximum absolute atomic E-state index is 5.77. The maximum Gasteiger partial charge on any atom is 0.257 e. The molecule has 1 atom stereocenters. The Morgan fingerprint density at radius 3 is 2.85 bits per heavy atom. The first-order valence-corrected chi connectivity index (χ1v) is 7.51. The molecule has 1 aromatic rings. The highest BCUT2D eigenvalue weighted by molar-refractivity contribution is 5.48. The van der Waals surface area contributed by atoms with E-state index in [1.54, 1.807) is 12.4 Å². The van der Waals surface area contributed by atoms with Crippen LogP contribution in [0.2, 0.25) is 0 Å². The van der Waals surface area contributed by atoms with Crippen molar-refractivity contribution in [3.05, 3.63) is 12.4 Å². The van der Waals surface area contributed by atoms with Gasteiger partial charge in [-0.25, -0.2) is 9.97 Å². The van der Waals surface area contributed by atoms with Gasteiger partial charge in [0.05, 0.1) is 6.10 Å². The third kappa shape index (κ3) is 3.82. The monoisotopic (exact) mass is 278 g/mol. The second-order valence-corrected chi connectivity index (χ2v) is 5.81. The quantitative estimate of drug-likeness (QED) is 0.796. The van der Waals surface area contributed by atoms with E-state index >= 15 is 0 Å². The molecule has 0 bridgehead atoms. The van der Waals surface area contributed by atoms with Gasteiger partial charge in [-0.2, -0.15) is 0 Å². The van der Waals surface area contributed by atoms with Crippen LogP contribution in [0, 0.1) is 5.92 Å². The van der Waals surface area contributed by atoms with Crippen molar-refractivity contribution in [2.75, 3.05) is 38.1 Å². The summed E-state index contributed by atoms with van der Waals surface area (Å²) < 4.78 is 5.77. The summed E-state index contributed by atoms with van der Waals surface area (Å²) in [5.74, 6) is 2.25. The van der Waals surface area contributed by atoms with E-state index < -0.39 is 0 Å². The summed E-state index contributed by atoms with van der Waals surface area (Å²) in [6.07, 6.45) is 4.77. The Balaban J connectivity index is 2.02. The van der Waals surface area contributed by atoms with Crippen LogP contribution < -0.4 is 9.64 Å². The van der Waals surface area contributed by atoms with Gasteiger partial charge in [0.2, 0.25) is 0 Å². The molecule has 0 radical (unpaired) electrons. The van der Waals surface area contributed by atoms with E-state index in [2.05, 4.69) is 33.7 Å². The molecule has 0 aliphatic carbocycles. The summed E-state index contributed by atoms with van der Waals surface area (Å²) in [6, 6.07) is 0. The Labute approximate surface area is 122 Å². The van der Waals surface area contributed by atoms with Crippen LogP contribution in [0.25, 0.3) is 0 Å². The fourth-order valence-corrected chi connectivity index (χ4v) is 2.59. The molecule has 0 aromatic carbocycles. The minimum Gasteiger partial charge on any atom is -0.472 e. The molecule has 112 valence electrons. The topological polar surface area (TPSA) is 41.5 Å². The second-order valence-electron chi connectivity index (χ2n) is 5.81. The maximum atomic E-state index is 5.77. The molecule has 0 N–H and O–H groups in total. The van der Waals surface area contributed by atoms with E-state index in [1.807, 2.05) is 13.8 Å². The molecule has 1 fully saturated rings. The first-order chi connectivity index (χ1) is 9.60. The molecule has 1 aliphatic rings. The lowest BCUT2D eigenvalue weighted by atomic mass is 10.1. The molecular formula is C15H26N4O. The Kier molecular flexibility index (Phi) is 5.17. The lowest BCUT2D eigenvalue weighted by Crippen LogP contribution is -2.28. The van der Waals surface area contributed by atoms with Gasteiger partial charge < -0.3 is 14.5 Å². The minimum absolute atomic E-state index is 0.120. The molecule has 0 saturated carbocycles. The molecule has 5 nitrogen and oxygen atoms in total. The fourth-order valence-electron chi connectivity index (χ4n) is 2.59. The van der Waals surface area contributed by atoms with Gasteiger partial charge in [-0.1, -0.05) is 6.92 Å². The Bertz CT molecular complexity index is 424. The van der Waals surface area contributed by atoms with Gasteiger partial charge in [0.1, 0.15) is 0 Å². The normalized spacial score (nSPS) is 19.1. The molecule has 1 saturated heterocycles. The van der Waals surface area contributed by atoms with Crippen molar-refractivity contribution in [3.8, 4) is 5.88 Å². The first-order valence-electron chi connectivity index (χ1n) is 7.51. The van der Waals surface area contributed by atoms with Crippen LogP contribution in [-0.2, 0) is 0 Å². The highest BCUT2D eigenvalue weighted by Gasteiger charge is 2.26. The van der Waals surface area contributed by atoms with Gasteiger partial charge >= 0.3 is 0 Å². The van der Waals surface area contributed by atoms with Crippen molar-refractivity contribution in [2.24, 2.45) is 5.92 Å². The highest BCUT2D eigenvalue weighted by atomic mass is 16.5. The molecular weight excluding hydrogens is 252 g/mol. The Morgan fingerprint density at radius 2 is 2.15 bits per heavy atom. The van der Waals surface area contributed by atoms with E-state index in [1.165, 1.54) is 6.42 Å². The van der Waals surface area contributed by atoms with E-state index in [0.717, 1.165) is 32.0 Å². The van der Waals surface area contributed by atoms with Crippen LogP contribution in [0.4, 0.5) is 5.82 Å². The predicted octanol–water partition coefficient (Wildman–Crippen LogP) is 2.04. The van der Waals surface area contributed by atoms with Crippen molar-refractivity contribution >= 4 is 5.82 Å². The van der Waals surface area contributed by atoms with E-state index in [0.29, 0.717) is 11.8 Å². The number of ether oxygens (including phenoxy) is 1. The zero-order chi connectivity index (χ0) is 14.5. The third-order valence-corrected chi connectivity index (χ3v) is 3.69. The van der Waals surface area contributed by atoms with Crippen molar-refractivity contribution in [2.45, 2.75) is 33.3 Å². The Hall–Kier alpha value is -1.36. The summed E-state index contributed by atoms with van der Waals surface area (Å²) in [5, 5.41) is 0. The van der Waals surface area contributed by atoms with E-state index in [9.17, 15) is 0 Å². The summed E-state index contributed by atoms with van der Waals surface area (Å²) in [4.78, 5) is 13.5. The molecule has 5 heteroatoms. The predicted molar refractivity (Wildman–Crippen MR) is 81.3 cm³/mol. The van der Waals surface area contributed by atoms with E-state index in [-0.39, 0.29) is 6.10 Å². The summed E-state index contributed by atoms with van der Waals surface area (Å²) in [7, 11) is 2.18. The third-order valence-electron chi connectivity index (χ3n) is 3.69. The zero-order valence-corrected chi connectivity index (χ0v) is 13.0. The summed E-state index contributed by atoms with van der Waals surface area (Å²) in [6.45, 7) is 10.6. The summed E-state index contributed by atoms with van der Waals surface area (Å²) in [5.41, 5.74) is 0. The van der Waals surface area contributed by atoms with Gasteiger partial charge in [-0.3, -0.25) is 0 Å². The van der Waals surface area contributed by atoms with Crippen LogP contribution >= 0.6 is 0 Å². The van der Waals surface area contributed by atoms with E-state index in [4.69, 9.17) is 4.74 Å². The average Bonchev–Trinajstić information content (AvgIpc) is 2.87. The smallest absolute Gasteiger partial charge is 0.257 e. The number of aromatic nitrogens is 2. The highest BCUT2D eigenvalue weighted by Crippen LogP contribution is 2.29. The van der Waals surface area contributed by atoms with Crippen molar-refractivity contribution in [1.29, 1.82) is 0 Å². The molecule has 1 aromatic heterocycles. The number of nitrogens with zero attached hydrogens (tertiary/aromatic N) is 4. The molecule has 1 unspecified atom stereocenters. The molecule has 0 spiro atoms. The average molecular weight is 278 g/mol. The second kappa shape index (κ2) is 6.88. The Morgan fingerprint density at radius 1 is 1.40 bits per heavy atom. The first kappa shape index (κ1) is 15.0. The SMILES string of the molecule is CCN(C)CC1CCN(c2nccnc2OC(C)C)C1. The van der Waals surface area contributed by atoms with Crippen LogP contribution in [0.15, 0.2) is 12.4 Å². The van der Waals surface area contributed by atoms with Gasteiger partial charge in [-0.05, 0) is 39.8 Å². The fraction of sp³-hybridized carbons (Fsp3) is 0.733. The van der Waals surface area contributed by atoms with Gasteiger partial charge in [-0.15, -0.1) is 0 Å². The van der Waals surface area contributed by atoms with Crippen LogP contribution in [0.5, 0.6) is 5.88 Å². The molecule has 0 amide bonds. The molecule has 1 aliphatic heterocycles. The molecule has 2 heterocycles. The zero-order valence-electron chi connectivity index (χ0n) is 13.0. The molecule has 2 rings (SSSR count). The van der Waals surface area contributed by atoms with Gasteiger partial charge in [0.15, 0.2) is 5.82 Å². The van der Waals surface area contributed by atoms with Crippen LogP contribution in [-0.4, -0.2) is 54.2 Å². The standard InChI is InChI=1S/C15H26N4O/c1-5-18(4)10-13-6-9-19(11-13)14-15(20-12(2)3)17-8-7-16-14/h7-8,12-13H,5-6,9-11H2,1-4H3. The summed E-state index contributed by atoms with van der Waals surface area (Å²) >= 11 is 0. The van der Waals surface area contributed by atoms with Crippen LogP contribution in [0.3, 0.4) is 0 Å². The van der Waals surface area contributed by atoms with Gasteiger partial charge in [0, 0.05) is 32.0 Å². The lowest BCUT2D eigenvalue weighted by Gasteiger charge is -2.22. The number of hydrogen-bond acceptors (Lipinski definition) is 5. The lowest BCUT2D eigenvalue weighted by molar-refractivity contribution is 0.232. The van der Waals surface area contributed by atoms with Crippen molar-refractivity contribution in [3.63, 3.8) is 0 Å². The van der Waals surface area contributed by atoms with Crippen molar-refractivity contribution in [1.82, 2.24) is 14.9 Å². The van der Waals surface area contributed by atoms with Crippen LogP contribution in [0.1, 0.15) is 27.2 Å². The van der Waals surface area contributed by atoms with Gasteiger partial charge in [0.25, 0.3) is 5.88 Å². The largest absolute Gasteiger partial charge is 0.472 e. The molecule has 20 heavy (non-hydrogen) atoms. The number of anilines is 1. The van der Waals surface area contributed by atoms with Crippen molar-refractivity contribution < 1.29 is 4.74 Å². The number of rotatable bonds is 6. The number of hydrogen-bond donors (Lipinski definition) is 0.